The van der Waals surface area contributed by atoms with Crippen molar-refractivity contribution >= 4 is 147 Å². The van der Waals surface area contributed by atoms with Gasteiger partial charge in [0.15, 0.2) is 11.5 Å². The van der Waals surface area contributed by atoms with Gasteiger partial charge in [-0.05, 0) is 210 Å². The fourth-order valence-corrected chi connectivity index (χ4v) is 18.4. The molecule has 6 amide bonds. The number of carbonyl (C=O) groups is 6. The molecule has 5 fully saturated rings. The first-order chi connectivity index (χ1) is 70.2. The van der Waals surface area contributed by atoms with Crippen molar-refractivity contribution in [1.82, 2.24) is 101 Å². The molecule has 11 heterocycles. The van der Waals surface area contributed by atoms with Gasteiger partial charge >= 0.3 is 0 Å². The second-order valence-electron chi connectivity index (χ2n) is 36.9. The normalized spacial score (nSPS) is 15.0. The molecule has 1 unspecified atom stereocenters. The number of rotatable bonds is 23. The number of ether oxygens (including phenoxy) is 3. The zero-order valence-electron chi connectivity index (χ0n) is 79.5. The third-order valence-electron chi connectivity index (χ3n) is 26.7. The van der Waals surface area contributed by atoms with Gasteiger partial charge in [0.05, 0.1) is 96.2 Å². The molecule has 0 radical (unpaired) electrons. The van der Waals surface area contributed by atoms with Crippen LogP contribution in [0.4, 0.5) is 17.6 Å². The van der Waals surface area contributed by atoms with Crippen LogP contribution in [0.15, 0.2) is 262 Å². The van der Waals surface area contributed by atoms with E-state index in [4.69, 9.17) is 60.6 Å². The largest absolute Gasteiger partial charge is 0.508 e. The lowest BCUT2D eigenvalue weighted by Crippen LogP contribution is -2.59. The summed E-state index contributed by atoms with van der Waals surface area (Å²) >= 11 is 23.6. The minimum atomic E-state index is -2.53. The third-order valence-corrected chi connectivity index (χ3v) is 27.7. The molecule has 10 aromatic heterocycles. The van der Waals surface area contributed by atoms with E-state index in [2.05, 4.69) is 82.2 Å². The van der Waals surface area contributed by atoms with Crippen molar-refractivity contribution in [2.24, 2.45) is 14.1 Å². The first-order valence-electron chi connectivity index (χ1n) is 46.9. The van der Waals surface area contributed by atoms with Crippen LogP contribution in [-0.2, 0) is 53.1 Å². The molecule has 146 heavy (non-hydrogen) atoms. The number of fused-ring (bicyclic) bond motifs is 6. The van der Waals surface area contributed by atoms with Crippen molar-refractivity contribution in [3.05, 3.63) is 367 Å². The number of hydrogen-bond donors (Lipinski definition) is 13. The molecule has 38 heteroatoms. The predicted molar refractivity (Wildman–Crippen MR) is 550 cm³/mol. The van der Waals surface area contributed by atoms with Crippen LogP contribution in [0, 0.1) is 11.6 Å². The number of phenolic OH excluding ortho intramolecular Hbond substituents is 1. The fourth-order valence-electron chi connectivity index (χ4n) is 17.7. The maximum atomic E-state index is 13.5. The molecule has 1 aliphatic heterocycles. The molecule has 19 aromatic rings. The minimum absolute atomic E-state index is 0.0293. The highest BCUT2D eigenvalue weighted by Gasteiger charge is 2.50. The van der Waals surface area contributed by atoms with Crippen molar-refractivity contribution in [2.45, 2.75) is 112 Å². The van der Waals surface area contributed by atoms with Gasteiger partial charge in [-0.1, -0.05) is 119 Å². The van der Waals surface area contributed by atoms with Crippen LogP contribution in [0.25, 0.3) is 71.1 Å². The zero-order chi connectivity index (χ0) is 102. The van der Waals surface area contributed by atoms with E-state index in [-0.39, 0.29) is 85.0 Å². The fraction of sp³-hybridized carbons (Fsp3) is 0.222. The van der Waals surface area contributed by atoms with E-state index in [9.17, 15) is 51.4 Å². The number of hydrogen-bond acceptors (Lipinski definition) is 14. The van der Waals surface area contributed by atoms with Crippen molar-refractivity contribution in [2.75, 3.05) is 27.4 Å². The summed E-state index contributed by atoms with van der Waals surface area (Å²) in [5, 5.41) is 51.1. The number of aromatic nitrogens is 14. The van der Waals surface area contributed by atoms with Gasteiger partial charge in [-0.25, -0.2) is 22.2 Å². The number of carbonyl (C=O) groups excluding carboxylic acids is 6. The summed E-state index contributed by atoms with van der Waals surface area (Å²) in [5.74, 6) is -0.722. The van der Waals surface area contributed by atoms with Gasteiger partial charge in [0.1, 0.15) is 57.1 Å². The predicted octanol–water partition coefficient (Wildman–Crippen LogP) is 21.3. The Labute approximate surface area is 851 Å². The topological polar surface area (TPSA) is 389 Å². The van der Waals surface area contributed by atoms with E-state index in [0.29, 0.717) is 96.2 Å². The Balaban J connectivity index is 0.000000111. The second kappa shape index (κ2) is 40.7. The Morgan fingerprint density at radius 3 is 1.22 bits per heavy atom. The van der Waals surface area contributed by atoms with E-state index in [0.717, 1.165) is 135 Å². The number of aromatic amines is 6. The maximum Gasteiger partial charge on any atom is 0.268 e. The van der Waals surface area contributed by atoms with Crippen LogP contribution in [0.3, 0.4) is 0 Å². The number of methoxy groups -OCH3 is 2. The third kappa shape index (κ3) is 21.5. The molecule has 4 aliphatic carbocycles. The minimum Gasteiger partial charge on any atom is -0.508 e. The Morgan fingerprint density at radius 1 is 0.404 bits per heavy atom. The van der Waals surface area contributed by atoms with Crippen molar-refractivity contribution in [3.8, 4) is 22.9 Å². The molecule has 1 atom stereocenters. The van der Waals surface area contributed by atoms with E-state index in [1.54, 1.807) is 108 Å². The summed E-state index contributed by atoms with van der Waals surface area (Å²) in [7, 11) is 6.88. The molecule has 24 rings (SSSR count). The molecule has 4 saturated carbocycles. The highest BCUT2D eigenvalue weighted by Crippen LogP contribution is 2.50. The highest BCUT2D eigenvalue weighted by atomic mass is 35.5. The number of H-pyrrole nitrogens is 6. The summed E-state index contributed by atoms with van der Waals surface area (Å²) < 4.78 is 75.6. The van der Waals surface area contributed by atoms with Gasteiger partial charge < -0.3 is 81.1 Å². The van der Waals surface area contributed by atoms with E-state index in [1.807, 2.05) is 179 Å². The number of benzene rings is 9. The van der Waals surface area contributed by atoms with Crippen LogP contribution >= 0.6 is 46.4 Å². The number of halogens is 8. The average Bonchev–Trinajstić information content (AvgIpc) is 1.57. The van der Waals surface area contributed by atoms with Crippen LogP contribution in [0.1, 0.15) is 180 Å². The van der Waals surface area contributed by atoms with Gasteiger partial charge in [0.2, 0.25) is 0 Å². The number of alkyl halides is 2. The van der Waals surface area contributed by atoms with Gasteiger partial charge in [0, 0.05) is 155 Å². The summed E-state index contributed by atoms with van der Waals surface area (Å²) in [5.41, 5.74) is 12.0. The highest BCUT2D eigenvalue weighted by molar-refractivity contribution is 6.32. The monoisotopic (exact) mass is 2050 g/mol. The number of amides is 6. The molecule has 5 aliphatic rings. The van der Waals surface area contributed by atoms with Crippen molar-refractivity contribution in [1.29, 1.82) is 0 Å². The van der Waals surface area contributed by atoms with E-state index < -0.39 is 23.6 Å². The van der Waals surface area contributed by atoms with Crippen LogP contribution < -0.4 is 41.4 Å². The standard InChI is InChI=1S/C22H21ClN4O3.C18H14ClFN2O2.C18H14ClFN2O.C17H17ClN4O.C17H16F2N4O.C16H16N4O2/c1-13(25-22(28)19-9-14-8-16(23)4-6-18(14)26-19)15-11-24-27(12-15)17-5-7-20(29-2)21(10-17)30-3;19-13-6-11-7-16(21-15(11)8-14(13)20)17(23)22-18(9-24-10-18)12-4-2-1-3-5-12;19-13-8-11-9-16(21-15(11)10-14(13)20)17(23)22-18(6-7-18)12-4-2-1-3-5-12;1-2-22-10-12(9-19-22)17(5-6-17)21-16(23)15-8-11-7-13(18)3-4-14(11)20-15;1-23-9-12(8-20-23)17(4-5-17)22-16(24)14-6-10-2-3-11(15(18)19)7-13(10)21-14;1-20-9-11(8-17-20)16(4-5-16)19-15(22)14-7-10-6-12(21)2-3-13(10)18-14/h4-13,26H,1-3H3,(H,25,28);1-8,21H,9-10H2,(H,22,23);1-5,8-10,21H,6-7H2,(H,22,23);3-4,7-10,20H,2,5-6H2,1H3,(H,21,23);2-3,6-9,15,21H,4-5H2,1H3,(H,22,24);2-3,6-9,18,21H,4-5H2,1H3,(H,19,22). The summed E-state index contributed by atoms with van der Waals surface area (Å²) in [6.45, 7) is 5.62. The molecule has 13 N–H and O–H groups in total. The number of phenols is 1. The van der Waals surface area contributed by atoms with E-state index in [1.165, 1.54) is 36.4 Å². The number of nitrogens with one attached hydrogen (secondary N) is 12. The molecule has 9 aromatic carbocycles. The SMILES string of the molecule is CCn1cc(C2(NC(=O)c3cc4cc(Cl)ccc4[nH]3)CC2)cn1.COc1ccc(-n2cc(C(C)NC(=O)c3cc4cc(Cl)ccc4[nH]3)cn2)cc1OC.Cn1cc(C2(NC(=O)c3cc4cc(O)ccc4[nH]3)CC2)cn1.Cn1cc(C2(NC(=O)c3cc4ccc(C(F)F)cc4[nH]3)CC2)cn1.O=C(NC1(c2ccccc2)CC1)c1cc2cc(Cl)c(F)cc2[nH]1.O=C(NC1(c2ccccc2)COC1)c1cc2cc(Cl)c(F)cc2[nH]1. The number of aromatic hydroxyl groups is 1. The molecule has 0 bridgehead atoms. The number of nitrogens with zero attached hydrogens (tertiary/aromatic N) is 8. The lowest BCUT2D eigenvalue weighted by atomic mass is 9.88. The Hall–Kier alpha value is -15.9. The summed E-state index contributed by atoms with van der Waals surface area (Å²) in [6, 6.07) is 61.3. The lowest BCUT2D eigenvalue weighted by molar-refractivity contribution is -0.0734. The lowest BCUT2D eigenvalue weighted by Gasteiger charge is -2.42. The average molecular weight is 2050 g/mol. The van der Waals surface area contributed by atoms with Crippen LogP contribution in [-0.4, -0.2) is 137 Å². The van der Waals surface area contributed by atoms with Gasteiger partial charge in [-0.15, -0.1) is 0 Å². The smallest absolute Gasteiger partial charge is 0.268 e. The van der Waals surface area contributed by atoms with E-state index >= 15 is 0 Å². The van der Waals surface area contributed by atoms with Gasteiger partial charge in [-0.2, -0.15) is 20.4 Å². The molecule has 0 spiro atoms. The van der Waals surface area contributed by atoms with Crippen molar-refractivity contribution < 1.29 is 65.6 Å². The van der Waals surface area contributed by atoms with Crippen molar-refractivity contribution in [3.63, 3.8) is 0 Å². The van der Waals surface area contributed by atoms with Crippen LogP contribution in [0.2, 0.25) is 20.1 Å². The molecule has 746 valence electrons. The number of aryl methyl sites for hydroxylation is 3. The Kier molecular flexibility index (Phi) is 27.6. The second-order valence-corrected chi connectivity index (χ2v) is 38.6. The molecule has 1 saturated heterocycles. The molecule has 30 nitrogen and oxygen atoms in total. The van der Waals surface area contributed by atoms with Gasteiger partial charge in [0.25, 0.3) is 41.9 Å². The molecular formula is C108H98Cl4F4N20O10. The molecular weight excluding hydrogens is 1960 g/mol. The first-order valence-corrected chi connectivity index (χ1v) is 48.4. The first kappa shape index (κ1) is 98.9. The Bertz CT molecular complexity index is 8080. The summed E-state index contributed by atoms with van der Waals surface area (Å²) in [4.78, 5) is 93.7. The summed E-state index contributed by atoms with van der Waals surface area (Å²) in [6.07, 6.45) is 19.6. The van der Waals surface area contributed by atoms with Crippen LogP contribution in [0.5, 0.6) is 17.2 Å². The maximum absolute atomic E-state index is 13.5. The quantitative estimate of drug-likeness (QED) is 0.0265. The Morgan fingerprint density at radius 2 is 0.801 bits per heavy atom. The zero-order valence-corrected chi connectivity index (χ0v) is 82.5. The van der Waals surface area contributed by atoms with Gasteiger partial charge in [-0.3, -0.25) is 42.8 Å².